The second kappa shape index (κ2) is 6.33. The van der Waals surface area contributed by atoms with Crippen LogP contribution in [0.1, 0.15) is 32.3 Å². The number of carbonyl (C=O) groups excluding carboxylic acids is 1. The minimum absolute atomic E-state index is 0.0128. The molecule has 1 atom stereocenters. The lowest BCUT2D eigenvalue weighted by molar-refractivity contribution is -0.120. The van der Waals surface area contributed by atoms with E-state index in [1.165, 1.54) is 12.8 Å². The third kappa shape index (κ3) is 3.55. The van der Waals surface area contributed by atoms with Crippen LogP contribution in [0.2, 0.25) is 0 Å². The van der Waals surface area contributed by atoms with Crippen molar-refractivity contribution in [3.63, 3.8) is 0 Å². The molecule has 1 saturated carbocycles. The number of nitrogens with one attached hydrogen (secondary N) is 1. The number of thiocarbonyl (C=S) groups is 1. The van der Waals surface area contributed by atoms with Crippen LogP contribution >= 0.6 is 12.2 Å². The maximum atomic E-state index is 12.3. The molecule has 1 fully saturated rings. The molecule has 0 aliphatic heterocycles. The molecule has 1 aromatic carbocycles. The van der Waals surface area contributed by atoms with Gasteiger partial charge >= 0.3 is 0 Å². The second-order valence-electron chi connectivity index (χ2n) is 5.17. The predicted molar refractivity (Wildman–Crippen MR) is 85.8 cm³/mol. The average molecular weight is 291 g/mol. The Labute approximate surface area is 125 Å². The number of nitrogens with two attached hydrogens (primary N) is 1. The second-order valence-corrected chi connectivity index (χ2v) is 5.61. The molecule has 1 aromatic rings. The highest BCUT2D eigenvalue weighted by Crippen LogP contribution is 2.28. The smallest absolute Gasteiger partial charge is 0.241 e. The molecule has 0 spiro atoms. The van der Waals surface area contributed by atoms with Crippen LogP contribution < -0.4 is 11.1 Å². The summed E-state index contributed by atoms with van der Waals surface area (Å²) in [5.41, 5.74) is 7.10. The van der Waals surface area contributed by atoms with Crippen LogP contribution in [0.5, 0.6) is 0 Å². The summed E-state index contributed by atoms with van der Waals surface area (Å²) in [6, 6.07) is 7.78. The quantitative estimate of drug-likeness (QED) is 0.788. The molecule has 0 heterocycles. The van der Waals surface area contributed by atoms with Crippen molar-refractivity contribution < 1.29 is 4.79 Å². The molecule has 1 unspecified atom stereocenters. The van der Waals surface area contributed by atoms with Gasteiger partial charge in [0.05, 0.1) is 6.04 Å². The Hall–Kier alpha value is -1.46. The normalized spacial score (nSPS) is 15.9. The number of nitrogens with zero attached hydrogens (tertiary/aromatic N) is 1. The fourth-order valence-corrected chi connectivity index (χ4v) is 2.53. The number of anilines is 1. The molecule has 108 valence electrons. The molecule has 0 aromatic heterocycles. The van der Waals surface area contributed by atoms with Crippen LogP contribution in [0.15, 0.2) is 24.3 Å². The molecular weight excluding hydrogens is 270 g/mol. The van der Waals surface area contributed by atoms with Crippen LogP contribution in [0.3, 0.4) is 0 Å². The Morgan fingerprint density at radius 3 is 2.80 bits per heavy atom. The van der Waals surface area contributed by atoms with Crippen LogP contribution in [0, 0.1) is 0 Å². The molecule has 0 radical (unpaired) electrons. The van der Waals surface area contributed by atoms with Crippen molar-refractivity contribution in [2.24, 2.45) is 5.73 Å². The highest BCUT2D eigenvalue weighted by molar-refractivity contribution is 7.80. The first-order valence-corrected chi connectivity index (χ1v) is 7.40. The number of benzene rings is 1. The first-order valence-electron chi connectivity index (χ1n) is 6.99. The van der Waals surface area contributed by atoms with Gasteiger partial charge in [0.25, 0.3) is 0 Å². The van der Waals surface area contributed by atoms with Gasteiger partial charge in [0, 0.05) is 17.3 Å². The Balaban J connectivity index is 2.03. The zero-order valence-electron chi connectivity index (χ0n) is 11.9. The lowest BCUT2D eigenvalue weighted by Gasteiger charge is -2.26. The van der Waals surface area contributed by atoms with E-state index in [-0.39, 0.29) is 11.9 Å². The number of hydrogen-bond donors (Lipinski definition) is 2. The van der Waals surface area contributed by atoms with Gasteiger partial charge in [-0.3, -0.25) is 9.69 Å². The molecule has 1 aliphatic rings. The van der Waals surface area contributed by atoms with Gasteiger partial charge in [-0.1, -0.05) is 31.3 Å². The first-order chi connectivity index (χ1) is 9.52. The molecule has 4 nitrogen and oxygen atoms in total. The summed E-state index contributed by atoms with van der Waals surface area (Å²) in [7, 11) is 0. The fourth-order valence-electron chi connectivity index (χ4n) is 2.40. The van der Waals surface area contributed by atoms with Crippen LogP contribution in [-0.2, 0) is 4.79 Å². The third-order valence-electron chi connectivity index (χ3n) is 3.67. The van der Waals surface area contributed by atoms with Crippen molar-refractivity contribution in [3.8, 4) is 0 Å². The molecule has 5 heteroatoms. The lowest BCUT2D eigenvalue weighted by Crippen LogP contribution is -2.43. The molecule has 3 N–H and O–H groups in total. The van der Waals surface area contributed by atoms with Gasteiger partial charge in [-0.2, -0.15) is 0 Å². The van der Waals surface area contributed by atoms with E-state index in [1.807, 2.05) is 25.1 Å². The van der Waals surface area contributed by atoms with Gasteiger partial charge in [-0.05, 0) is 38.4 Å². The summed E-state index contributed by atoms with van der Waals surface area (Å²) in [6.07, 6.45) is 2.39. The Morgan fingerprint density at radius 1 is 1.55 bits per heavy atom. The van der Waals surface area contributed by atoms with Gasteiger partial charge in [-0.25, -0.2) is 0 Å². The minimum atomic E-state index is -0.124. The Bertz CT molecular complexity index is 514. The molecular formula is C15H21N3OS. The van der Waals surface area contributed by atoms with Crippen molar-refractivity contribution in [3.05, 3.63) is 29.8 Å². The van der Waals surface area contributed by atoms with E-state index in [9.17, 15) is 4.79 Å². The summed E-state index contributed by atoms with van der Waals surface area (Å²) >= 11 is 4.95. The van der Waals surface area contributed by atoms with Gasteiger partial charge in [0.1, 0.15) is 4.99 Å². The summed E-state index contributed by atoms with van der Waals surface area (Å²) in [5.74, 6) is 0.0128. The maximum Gasteiger partial charge on any atom is 0.241 e. The highest BCUT2D eigenvalue weighted by Gasteiger charge is 2.33. The first kappa shape index (κ1) is 14.9. The van der Waals surface area contributed by atoms with Crippen LogP contribution in [0.4, 0.5) is 5.69 Å². The van der Waals surface area contributed by atoms with Gasteiger partial charge in [0.2, 0.25) is 5.91 Å². The summed E-state index contributed by atoms with van der Waals surface area (Å²) in [4.78, 5) is 14.9. The maximum absolute atomic E-state index is 12.3. The third-order valence-corrected chi connectivity index (χ3v) is 3.91. The van der Waals surface area contributed by atoms with Crippen molar-refractivity contribution in [2.75, 3.05) is 11.9 Å². The van der Waals surface area contributed by atoms with Gasteiger partial charge in [-0.15, -0.1) is 0 Å². The summed E-state index contributed by atoms with van der Waals surface area (Å²) in [5, 5.41) is 2.94. The molecule has 0 bridgehead atoms. The number of hydrogen-bond acceptors (Lipinski definition) is 3. The topological polar surface area (TPSA) is 58.4 Å². The summed E-state index contributed by atoms with van der Waals surface area (Å²) in [6.45, 7) is 4.94. The molecule has 1 aliphatic carbocycles. The van der Waals surface area contributed by atoms with E-state index in [2.05, 4.69) is 17.1 Å². The Kier molecular flexibility index (Phi) is 4.73. The van der Waals surface area contributed by atoms with Crippen LogP contribution in [-0.4, -0.2) is 34.4 Å². The number of likely N-dealkylation sites (N-methyl/N-ethyl adjacent to an activating group) is 1. The van der Waals surface area contributed by atoms with Crippen molar-refractivity contribution in [2.45, 2.75) is 38.8 Å². The lowest BCUT2D eigenvalue weighted by atomic mass is 10.2. The van der Waals surface area contributed by atoms with Gasteiger partial charge < -0.3 is 11.1 Å². The molecule has 0 saturated heterocycles. The van der Waals surface area contributed by atoms with E-state index in [0.29, 0.717) is 11.0 Å². The van der Waals surface area contributed by atoms with Crippen molar-refractivity contribution in [1.29, 1.82) is 0 Å². The van der Waals surface area contributed by atoms with Crippen molar-refractivity contribution in [1.82, 2.24) is 4.90 Å². The highest BCUT2D eigenvalue weighted by atomic mass is 32.1. The minimum Gasteiger partial charge on any atom is -0.389 e. The average Bonchev–Trinajstić information content (AvgIpc) is 3.24. The number of carbonyl (C=O) groups is 1. The number of amides is 1. The predicted octanol–water partition coefficient (Wildman–Crippen LogP) is 2.13. The fraction of sp³-hybridized carbons (Fsp3) is 0.467. The Morgan fingerprint density at radius 2 is 2.25 bits per heavy atom. The monoisotopic (exact) mass is 291 g/mol. The number of rotatable bonds is 6. The van der Waals surface area contributed by atoms with Crippen molar-refractivity contribution >= 4 is 28.8 Å². The summed E-state index contributed by atoms with van der Waals surface area (Å²) < 4.78 is 0. The largest absolute Gasteiger partial charge is 0.389 e. The SMILES string of the molecule is CCN(C1CC1)C(C)C(=O)Nc1cccc(C(N)=S)c1. The van der Waals surface area contributed by atoms with E-state index < -0.39 is 0 Å². The van der Waals surface area contributed by atoms with Gasteiger partial charge in [0.15, 0.2) is 0 Å². The van der Waals surface area contributed by atoms with E-state index in [1.54, 1.807) is 6.07 Å². The zero-order chi connectivity index (χ0) is 14.7. The van der Waals surface area contributed by atoms with E-state index in [4.69, 9.17) is 18.0 Å². The standard InChI is InChI=1S/C15H21N3OS/c1-3-18(13-7-8-13)10(2)15(19)17-12-6-4-5-11(9-12)14(16)20/h4-6,9-10,13H,3,7-8H2,1-2H3,(H2,16,20)(H,17,19). The van der Waals surface area contributed by atoms with E-state index in [0.717, 1.165) is 17.8 Å². The molecule has 2 rings (SSSR count). The molecule has 1 amide bonds. The zero-order valence-corrected chi connectivity index (χ0v) is 12.7. The van der Waals surface area contributed by atoms with E-state index >= 15 is 0 Å². The van der Waals surface area contributed by atoms with Crippen LogP contribution in [0.25, 0.3) is 0 Å². The molecule has 20 heavy (non-hydrogen) atoms.